The van der Waals surface area contributed by atoms with E-state index in [1.807, 2.05) is 30.3 Å². The summed E-state index contributed by atoms with van der Waals surface area (Å²) in [7, 11) is 1.70. The van der Waals surface area contributed by atoms with Crippen molar-refractivity contribution < 1.29 is 10.3 Å². The predicted octanol–water partition coefficient (Wildman–Crippen LogP) is 0.892. The van der Waals surface area contributed by atoms with Gasteiger partial charge in [-0.15, -0.1) is 12.4 Å². The van der Waals surface area contributed by atoms with Gasteiger partial charge in [0.2, 0.25) is 0 Å². The Balaban J connectivity index is 0.00000112. The highest BCUT2D eigenvalue weighted by atomic mass is 35.5. The van der Waals surface area contributed by atoms with Crippen LogP contribution in [0.2, 0.25) is 0 Å². The Bertz CT molecular complexity index is 456. The molecule has 0 bridgehead atoms. The zero-order valence-electron chi connectivity index (χ0n) is 8.62. The van der Waals surface area contributed by atoms with Crippen LogP contribution < -0.4 is 0 Å². The highest BCUT2D eigenvalue weighted by molar-refractivity contribution is 5.85. The molecule has 2 rings (SSSR count). The molecule has 0 spiro atoms. The highest BCUT2D eigenvalue weighted by Gasteiger charge is 2.06. The van der Waals surface area contributed by atoms with Gasteiger partial charge in [-0.05, 0) is 0 Å². The Labute approximate surface area is 98.8 Å². The molecule has 86 valence electrons. The van der Waals surface area contributed by atoms with E-state index in [1.54, 1.807) is 7.05 Å². The minimum absolute atomic E-state index is 0. The smallest absolute Gasteiger partial charge is 0.191 e. The molecular weight excluding hydrogens is 230 g/mol. The molecule has 0 fully saturated rings. The van der Waals surface area contributed by atoms with Crippen LogP contribution >= 0.6 is 12.4 Å². The van der Waals surface area contributed by atoms with E-state index in [-0.39, 0.29) is 17.9 Å². The second-order valence-corrected chi connectivity index (χ2v) is 2.90. The average molecular weight is 242 g/mol. The van der Waals surface area contributed by atoms with Crippen LogP contribution in [0.1, 0.15) is 10.6 Å². The van der Waals surface area contributed by atoms with Crippen molar-refractivity contribution in [2.45, 2.75) is 0 Å². The molecule has 0 aliphatic rings. The summed E-state index contributed by atoms with van der Waals surface area (Å²) in [6, 6.07) is 9.56. The minimum Gasteiger partial charge on any atom is -0.412 e. The Morgan fingerprint density at radius 2 is 1.88 bits per heavy atom. The topological polar surface area (TPSA) is 79.3 Å². The second kappa shape index (κ2) is 5.99. The standard InChI is InChI=1S/C10H9N3O.ClH.H2O/c1-13-9(7-14)11-10(12-13)8-5-3-2-4-6-8;;/h2-7H,1H3;1H;1H2. The van der Waals surface area contributed by atoms with Crippen molar-refractivity contribution in [1.82, 2.24) is 14.8 Å². The molecule has 5 nitrogen and oxygen atoms in total. The molecule has 0 radical (unpaired) electrons. The summed E-state index contributed by atoms with van der Waals surface area (Å²) >= 11 is 0. The number of aldehydes is 1. The Morgan fingerprint density at radius 1 is 1.25 bits per heavy atom. The molecule has 0 saturated carbocycles. The fourth-order valence-electron chi connectivity index (χ4n) is 1.21. The van der Waals surface area contributed by atoms with E-state index >= 15 is 0 Å². The van der Waals surface area contributed by atoms with E-state index in [2.05, 4.69) is 10.1 Å². The summed E-state index contributed by atoms with van der Waals surface area (Å²) in [5, 5.41) is 4.13. The Morgan fingerprint density at radius 3 is 2.38 bits per heavy atom. The van der Waals surface area contributed by atoms with Crippen molar-refractivity contribution in [3.05, 3.63) is 36.2 Å². The zero-order valence-corrected chi connectivity index (χ0v) is 9.44. The lowest BCUT2D eigenvalue weighted by molar-refractivity contribution is 0.111. The van der Waals surface area contributed by atoms with Gasteiger partial charge in [0.1, 0.15) is 0 Å². The lowest BCUT2D eigenvalue weighted by Crippen LogP contribution is -1.96. The van der Waals surface area contributed by atoms with Crippen molar-refractivity contribution in [3.8, 4) is 11.4 Å². The third kappa shape index (κ3) is 2.65. The summed E-state index contributed by atoms with van der Waals surface area (Å²) in [4.78, 5) is 14.6. The van der Waals surface area contributed by atoms with Crippen LogP contribution in [-0.4, -0.2) is 26.5 Å². The first kappa shape index (κ1) is 14.3. The van der Waals surface area contributed by atoms with Gasteiger partial charge in [-0.1, -0.05) is 30.3 Å². The number of halogens is 1. The van der Waals surface area contributed by atoms with Crippen LogP contribution in [0.25, 0.3) is 11.4 Å². The molecule has 0 saturated heterocycles. The molecule has 2 aromatic rings. The molecule has 0 aliphatic heterocycles. The lowest BCUT2D eigenvalue weighted by atomic mass is 10.2. The zero-order chi connectivity index (χ0) is 9.97. The molecule has 0 amide bonds. The molecule has 1 aromatic carbocycles. The Hall–Kier alpha value is -1.72. The molecule has 0 unspecified atom stereocenters. The van der Waals surface area contributed by atoms with Gasteiger partial charge in [0.05, 0.1) is 0 Å². The maximum absolute atomic E-state index is 10.5. The van der Waals surface area contributed by atoms with Crippen molar-refractivity contribution in [1.29, 1.82) is 0 Å². The van der Waals surface area contributed by atoms with E-state index in [0.29, 0.717) is 17.9 Å². The van der Waals surface area contributed by atoms with Crippen LogP contribution in [0.3, 0.4) is 0 Å². The number of aromatic nitrogens is 3. The number of aryl methyl sites for hydroxylation is 1. The quantitative estimate of drug-likeness (QED) is 0.733. The fraction of sp³-hybridized carbons (Fsp3) is 0.100. The van der Waals surface area contributed by atoms with E-state index in [0.717, 1.165) is 5.56 Å². The molecule has 0 aliphatic carbocycles. The lowest BCUT2D eigenvalue weighted by Gasteiger charge is -1.91. The number of benzene rings is 1. The molecule has 2 N–H and O–H groups in total. The monoisotopic (exact) mass is 241 g/mol. The number of hydrogen-bond donors (Lipinski definition) is 0. The third-order valence-corrected chi connectivity index (χ3v) is 1.93. The maximum Gasteiger partial charge on any atom is 0.191 e. The number of rotatable bonds is 2. The Kier molecular flexibility index (Phi) is 5.35. The number of carbonyl (C=O) groups excluding carboxylic acids is 1. The molecule has 0 atom stereocenters. The fourth-order valence-corrected chi connectivity index (χ4v) is 1.21. The van der Waals surface area contributed by atoms with E-state index in [1.165, 1.54) is 4.68 Å². The van der Waals surface area contributed by atoms with Gasteiger partial charge in [0.15, 0.2) is 17.9 Å². The van der Waals surface area contributed by atoms with Crippen LogP contribution in [0.15, 0.2) is 30.3 Å². The van der Waals surface area contributed by atoms with Crippen LogP contribution in [0.4, 0.5) is 0 Å². The molecule has 1 aromatic heterocycles. The molecule has 16 heavy (non-hydrogen) atoms. The van der Waals surface area contributed by atoms with Gasteiger partial charge in [-0.25, -0.2) is 9.67 Å². The normalized spacial score (nSPS) is 8.81. The first-order chi connectivity index (χ1) is 6.81. The van der Waals surface area contributed by atoms with E-state index in [4.69, 9.17) is 0 Å². The minimum atomic E-state index is 0. The van der Waals surface area contributed by atoms with Gasteiger partial charge in [-0.3, -0.25) is 4.79 Å². The van der Waals surface area contributed by atoms with Crippen LogP contribution in [0.5, 0.6) is 0 Å². The first-order valence-corrected chi connectivity index (χ1v) is 4.23. The second-order valence-electron chi connectivity index (χ2n) is 2.90. The molecule has 1 heterocycles. The first-order valence-electron chi connectivity index (χ1n) is 4.23. The number of hydrogen-bond acceptors (Lipinski definition) is 3. The van der Waals surface area contributed by atoms with E-state index in [9.17, 15) is 4.79 Å². The summed E-state index contributed by atoms with van der Waals surface area (Å²) in [6.07, 6.45) is 0.694. The van der Waals surface area contributed by atoms with Gasteiger partial charge < -0.3 is 5.48 Å². The van der Waals surface area contributed by atoms with Crippen LogP contribution in [0, 0.1) is 0 Å². The highest BCUT2D eigenvalue weighted by Crippen LogP contribution is 2.13. The number of nitrogens with zero attached hydrogens (tertiary/aromatic N) is 3. The van der Waals surface area contributed by atoms with Crippen molar-refractivity contribution in [3.63, 3.8) is 0 Å². The average Bonchev–Trinajstić information content (AvgIpc) is 2.61. The van der Waals surface area contributed by atoms with Crippen molar-refractivity contribution in [2.24, 2.45) is 7.05 Å². The van der Waals surface area contributed by atoms with Crippen LogP contribution in [-0.2, 0) is 7.05 Å². The summed E-state index contributed by atoms with van der Waals surface area (Å²) in [5.41, 5.74) is 0.913. The largest absolute Gasteiger partial charge is 0.412 e. The van der Waals surface area contributed by atoms with Gasteiger partial charge in [0.25, 0.3) is 0 Å². The third-order valence-electron chi connectivity index (χ3n) is 1.93. The molecular formula is C10H12ClN3O2. The number of carbonyl (C=O) groups is 1. The van der Waals surface area contributed by atoms with Crippen molar-refractivity contribution >= 4 is 18.7 Å². The maximum atomic E-state index is 10.5. The van der Waals surface area contributed by atoms with Gasteiger partial charge in [0, 0.05) is 12.6 Å². The summed E-state index contributed by atoms with van der Waals surface area (Å²) in [5.74, 6) is 0.916. The van der Waals surface area contributed by atoms with Gasteiger partial charge in [-0.2, -0.15) is 5.10 Å². The van der Waals surface area contributed by atoms with Crippen molar-refractivity contribution in [2.75, 3.05) is 0 Å². The predicted molar refractivity (Wildman–Crippen MR) is 62.7 cm³/mol. The van der Waals surface area contributed by atoms with Gasteiger partial charge >= 0.3 is 0 Å². The summed E-state index contributed by atoms with van der Waals surface area (Å²) in [6.45, 7) is 0. The summed E-state index contributed by atoms with van der Waals surface area (Å²) < 4.78 is 1.47. The molecule has 6 heteroatoms. The SMILES string of the molecule is Cl.Cn1nc(-c2ccccc2)nc1C=O.O. The van der Waals surface area contributed by atoms with E-state index < -0.39 is 0 Å².